The number of carbonyl (C=O) groups is 1. The molecule has 4 nitrogen and oxygen atoms in total. The summed E-state index contributed by atoms with van der Waals surface area (Å²) in [6, 6.07) is 13.3. The van der Waals surface area contributed by atoms with Crippen molar-refractivity contribution in [3.63, 3.8) is 0 Å². The average Bonchev–Trinajstić information content (AvgIpc) is 2.52. The monoisotopic (exact) mass is 312 g/mol. The first-order valence-corrected chi connectivity index (χ1v) is 7.82. The summed E-state index contributed by atoms with van der Waals surface area (Å²) in [5.41, 5.74) is 9.37. The molecule has 4 heteroatoms. The molecule has 0 bridgehead atoms. The molecule has 0 atom stereocenters. The first-order valence-electron chi connectivity index (χ1n) is 7.82. The summed E-state index contributed by atoms with van der Waals surface area (Å²) >= 11 is 0. The van der Waals surface area contributed by atoms with E-state index in [1.165, 1.54) is 5.56 Å². The molecule has 0 heterocycles. The number of methoxy groups -OCH3 is 1. The van der Waals surface area contributed by atoms with Crippen molar-refractivity contribution in [2.24, 2.45) is 0 Å². The van der Waals surface area contributed by atoms with E-state index in [1.54, 1.807) is 19.2 Å². The predicted molar refractivity (Wildman–Crippen MR) is 94.9 cm³/mol. The summed E-state index contributed by atoms with van der Waals surface area (Å²) in [5.74, 6) is 1.24. The van der Waals surface area contributed by atoms with Gasteiger partial charge in [-0.3, -0.25) is 4.79 Å². The number of aryl methyl sites for hydroxylation is 1. The van der Waals surface area contributed by atoms with Crippen LogP contribution in [0.2, 0.25) is 0 Å². The number of carbonyl (C=O) groups excluding carboxylic acids is 1. The Balaban J connectivity index is 2.02. The summed E-state index contributed by atoms with van der Waals surface area (Å²) in [7, 11) is 1.65. The van der Waals surface area contributed by atoms with Crippen LogP contribution in [0.1, 0.15) is 37.3 Å². The van der Waals surface area contributed by atoms with Crippen molar-refractivity contribution in [3.05, 3.63) is 53.6 Å². The normalized spacial score (nSPS) is 10.6. The Labute approximate surface area is 137 Å². The second kappa shape index (κ2) is 7.68. The van der Waals surface area contributed by atoms with Gasteiger partial charge in [0.25, 0.3) is 0 Å². The van der Waals surface area contributed by atoms with Gasteiger partial charge in [-0.15, -0.1) is 0 Å². The van der Waals surface area contributed by atoms with E-state index in [0.717, 1.165) is 17.0 Å². The highest BCUT2D eigenvalue weighted by Crippen LogP contribution is 2.25. The van der Waals surface area contributed by atoms with Gasteiger partial charge in [0.1, 0.15) is 5.75 Å². The molecular weight excluding hydrogens is 288 g/mol. The SMILES string of the molecule is COc1ccc(C(C)C)cc1CCC(=O)Nc1cccc(N)c1. The quantitative estimate of drug-likeness (QED) is 0.793. The van der Waals surface area contributed by atoms with Crippen LogP contribution in [-0.4, -0.2) is 13.0 Å². The summed E-state index contributed by atoms with van der Waals surface area (Å²) < 4.78 is 5.40. The van der Waals surface area contributed by atoms with Crippen LogP contribution in [0.15, 0.2) is 42.5 Å². The van der Waals surface area contributed by atoms with Crippen LogP contribution < -0.4 is 15.8 Å². The molecule has 2 rings (SSSR count). The largest absolute Gasteiger partial charge is 0.496 e. The standard InChI is InChI=1S/C19H24N2O2/c1-13(2)14-7-9-18(23-3)15(11-14)8-10-19(22)21-17-6-4-5-16(20)12-17/h4-7,9,11-13H,8,10,20H2,1-3H3,(H,21,22). The molecule has 0 spiro atoms. The Hall–Kier alpha value is -2.49. The molecule has 0 saturated heterocycles. The zero-order chi connectivity index (χ0) is 16.8. The second-order valence-corrected chi connectivity index (χ2v) is 5.90. The van der Waals surface area contributed by atoms with Crippen LogP contribution in [0.4, 0.5) is 11.4 Å². The molecule has 0 radical (unpaired) electrons. The van der Waals surface area contributed by atoms with Crippen LogP contribution in [0, 0.1) is 0 Å². The van der Waals surface area contributed by atoms with Gasteiger partial charge in [0.05, 0.1) is 7.11 Å². The van der Waals surface area contributed by atoms with Crippen molar-refractivity contribution in [2.45, 2.75) is 32.6 Å². The minimum atomic E-state index is -0.0346. The predicted octanol–water partition coefficient (Wildman–Crippen LogP) is 3.97. The molecule has 2 aromatic rings. The minimum absolute atomic E-state index is 0.0346. The topological polar surface area (TPSA) is 64.3 Å². The Morgan fingerprint density at radius 1 is 1.22 bits per heavy atom. The molecule has 0 fully saturated rings. The van der Waals surface area contributed by atoms with Crippen molar-refractivity contribution >= 4 is 17.3 Å². The number of nitrogens with two attached hydrogens (primary N) is 1. The lowest BCUT2D eigenvalue weighted by Crippen LogP contribution is -2.12. The van der Waals surface area contributed by atoms with Crippen molar-refractivity contribution < 1.29 is 9.53 Å². The molecule has 122 valence electrons. The number of rotatable bonds is 6. The first-order chi connectivity index (χ1) is 11.0. The summed E-state index contributed by atoms with van der Waals surface area (Å²) in [5, 5.41) is 2.87. The highest BCUT2D eigenvalue weighted by atomic mass is 16.5. The number of nitrogens with one attached hydrogen (secondary N) is 1. The van der Waals surface area contributed by atoms with Gasteiger partial charge in [0, 0.05) is 17.8 Å². The Morgan fingerprint density at radius 2 is 2.00 bits per heavy atom. The molecule has 3 N–H and O–H groups in total. The summed E-state index contributed by atoms with van der Waals surface area (Å²) in [4.78, 5) is 12.1. The molecule has 2 aromatic carbocycles. The van der Waals surface area contributed by atoms with Crippen molar-refractivity contribution in [2.75, 3.05) is 18.2 Å². The van der Waals surface area contributed by atoms with Crippen LogP contribution in [-0.2, 0) is 11.2 Å². The Bertz CT molecular complexity index is 681. The van der Waals surface area contributed by atoms with Gasteiger partial charge < -0.3 is 15.8 Å². The first kappa shape index (κ1) is 16.9. The number of nitrogen functional groups attached to an aromatic ring is 1. The molecule has 0 aromatic heterocycles. The van der Waals surface area contributed by atoms with Gasteiger partial charge in [0.15, 0.2) is 0 Å². The molecule has 1 amide bonds. The third kappa shape index (κ3) is 4.74. The van der Waals surface area contributed by atoms with Gasteiger partial charge in [-0.05, 0) is 47.7 Å². The van der Waals surface area contributed by atoms with Crippen LogP contribution >= 0.6 is 0 Å². The number of benzene rings is 2. The van der Waals surface area contributed by atoms with E-state index in [0.29, 0.717) is 24.4 Å². The number of anilines is 2. The highest BCUT2D eigenvalue weighted by Gasteiger charge is 2.10. The fourth-order valence-corrected chi connectivity index (χ4v) is 2.44. The van der Waals surface area contributed by atoms with Crippen LogP contribution in [0.3, 0.4) is 0 Å². The maximum absolute atomic E-state index is 12.1. The fourth-order valence-electron chi connectivity index (χ4n) is 2.44. The zero-order valence-corrected chi connectivity index (χ0v) is 13.9. The second-order valence-electron chi connectivity index (χ2n) is 5.90. The molecule has 0 aliphatic carbocycles. The number of hydrogen-bond acceptors (Lipinski definition) is 3. The number of amides is 1. The van der Waals surface area contributed by atoms with Gasteiger partial charge in [-0.25, -0.2) is 0 Å². The fraction of sp³-hybridized carbons (Fsp3) is 0.316. The minimum Gasteiger partial charge on any atom is -0.496 e. The Morgan fingerprint density at radius 3 is 2.65 bits per heavy atom. The van der Waals surface area contributed by atoms with E-state index in [9.17, 15) is 4.79 Å². The van der Waals surface area contributed by atoms with E-state index >= 15 is 0 Å². The van der Waals surface area contributed by atoms with Gasteiger partial charge in [-0.1, -0.05) is 32.0 Å². The van der Waals surface area contributed by atoms with Crippen molar-refractivity contribution in [1.29, 1.82) is 0 Å². The van der Waals surface area contributed by atoms with E-state index in [1.807, 2.05) is 18.2 Å². The van der Waals surface area contributed by atoms with E-state index in [-0.39, 0.29) is 5.91 Å². The lowest BCUT2D eigenvalue weighted by molar-refractivity contribution is -0.116. The number of ether oxygens (including phenoxy) is 1. The summed E-state index contributed by atoms with van der Waals surface area (Å²) in [6.45, 7) is 4.30. The average molecular weight is 312 g/mol. The van der Waals surface area contributed by atoms with Crippen LogP contribution in [0.5, 0.6) is 5.75 Å². The molecule has 23 heavy (non-hydrogen) atoms. The number of hydrogen-bond donors (Lipinski definition) is 2. The summed E-state index contributed by atoms with van der Waals surface area (Å²) in [6.07, 6.45) is 1.03. The van der Waals surface area contributed by atoms with Gasteiger partial charge >= 0.3 is 0 Å². The Kier molecular flexibility index (Phi) is 5.63. The third-order valence-electron chi connectivity index (χ3n) is 3.76. The van der Waals surface area contributed by atoms with E-state index in [2.05, 4.69) is 31.3 Å². The molecular formula is C19H24N2O2. The molecule has 0 unspecified atom stereocenters. The van der Waals surface area contributed by atoms with E-state index in [4.69, 9.17) is 10.5 Å². The van der Waals surface area contributed by atoms with Crippen molar-refractivity contribution in [1.82, 2.24) is 0 Å². The van der Waals surface area contributed by atoms with Crippen LogP contribution in [0.25, 0.3) is 0 Å². The third-order valence-corrected chi connectivity index (χ3v) is 3.76. The van der Waals surface area contributed by atoms with E-state index < -0.39 is 0 Å². The lowest BCUT2D eigenvalue weighted by Gasteiger charge is -2.13. The lowest BCUT2D eigenvalue weighted by atomic mass is 9.98. The van der Waals surface area contributed by atoms with Gasteiger partial charge in [0.2, 0.25) is 5.91 Å². The molecule has 0 aliphatic heterocycles. The van der Waals surface area contributed by atoms with Crippen molar-refractivity contribution in [3.8, 4) is 5.75 Å². The zero-order valence-electron chi connectivity index (χ0n) is 13.9. The molecule has 0 aliphatic rings. The molecule has 0 saturated carbocycles. The highest BCUT2D eigenvalue weighted by molar-refractivity contribution is 5.91. The maximum Gasteiger partial charge on any atom is 0.224 e. The van der Waals surface area contributed by atoms with Gasteiger partial charge in [-0.2, -0.15) is 0 Å². The smallest absolute Gasteiger partial charge is 0.224 e. The maximum atomic E-state index is 12.1.